The molecule has 0 saturated heterocycles. The van der Waals surface area contributed by atoms with E-state index in [9.17, 15) is 8.42 Å². The summed E-state index contributed by atoms with van der Waals surface area (Å²) in [6, 6.07) is 10.3. The van der Waals surface area contributed by atoms with Crippen LogP contribution in [0, 0.1) is 13.8 Å². The molecule has 2 heterocycles. The normalized spacial score (nSPS) is 11.7. The molecule has 0 amide bonds. The van der Waals surface area contributed by atoms with Gasteiger partial charge in [-0.2, -0.15) is 0 Å². The van der Waals surface area contributed by atoms with Crippen LogP contribution in [0.3, 0.4) is 0 Å². The third kappa shape index (κ3) is 4.94. The number of aryl methyl sites for hydroxylation is 2. The van der Waals surface area contributed by atoms with Crippen molar-refractivity contribution in [3.63, 3.8) is 0 Å². The van der Waals surface area contributed by atoms with Crippen molar-refractivity contribution in [2.45, 2.75) is 38.5 Å². The van der Waals surface area contributed by atoms with Crippen LogP contribution in [0.5, 0.6) is 5.75 Å². The fourth-order valence-corrected chi connectivity index (χ4v) is 4.54. The molecule has 0 fully saturated rings. The van der Waals surface area contributed by atoms with Crippen molar-refractivity contribution in [3.8, 4) is 5.75 Å². The molecule has 3 rings (SSSR count). The number of pyridine rings is 1. The molecular formula is C21H24ClN3O4S. The van der Waals surface area contributed by atoms with Crippen molar-refractivity contribution >= 4 is 27.4 Å². The molecule has 0 unspecified atom stereocenters. The molecule has 3 aromatic rings. The maximum atomic E-state index is 13.2. The first-order valence-electron chi connectivity index (χ1n) is 9.49. The lowest BCUT2D eigenvalue weighted by Crippen LogP contribution is -2.35. The molecule has 7 nitrogen and oxygen atoms in total. The van der Waals surface area contributed by atoms with Crippen molar-refractivity contribution in [1.82, 2.24) is 10.1 Å². The second-order valence-electron chi connectivity index (χ2n) is 7.21. The molecule has 9 heteroatoms. The Bertz CT molecular complexity index is 1110. The van der Waals surface area contributed by atoms with E-state index in [0.717, 1.165) is 9.87 Å². The van der Waals surface area contributed by atoms with Gasteiger partial charge in [-0.05, 0) is 55.2 Å². The third-order valence-corrected chi connectivity index (χ3v) is 6.60. The third-order valence-electron chi connectivity index (χ3n) is 4.59. The number of benzene rings is 1. The van der Waals surface area contributed by atoms with Gasteiger partial charge in [-0.25, -0.2) is 17.7 Å². The summed E-state index contributed by atoms with van der Waals surface area (Å²) in [7, 11) is -3.93. The molecular weight excluding hydrogens is 426 g/mol. The predicted molar refractivity (Wildman–Crippen MR) is 116 cm³/mol. The van der Waals surface area contributed by atoms with Gasteiger partial charge in [-0.15, -0.1) is 0 Å². The van der Waals surface area contributed by atoms with Gasteiger partial charge in [-0.3, -0.25) is 0 Å². The number of ether oxygens (including phenoxy) is 1. The molecule has 160 valence electrons. The summed E-state index contributed by atoms with van der Waals surface area (Å²) in [5, 5.41) is 4.08. The Hall–Kier alpha value is -2.58. The number of aromatic nitrogens is 2. The molecule has 0 atom stereocenters. The van der Waals surface area contributed by atoms with Crippen LogP contribution in [0.2, 0.25) is 5.15 Å². The van der Waals surface area contributed by atoms with Gasteiger partial charge in [0.1, 0.15) is 28.2 Å². The minimum atomic E-state index is -3.93. The molecule has 0 aliphatic carbocycles. The van der Waals surface area contributed by atoms with Crippen LogP contribution in [-0.2, 0) is 10.0 Å². The molecule has 0 spiro atoms. The van der Waals surface area contributed by atoms with Gasteiger partial charge < -0.3 is 9.26 Å². The Labute approximate surface area is 181 Å². The van der Waals surface area contributed by atoms with E-state index in [1.165, 1.54) is 23.9 Å². The number of rotatable bonds is 8. The maximum Gasteiger partial charge on any atom is 0.267 e. The molecule has 0 aliphatic rings. The van der Waals surface area contributed by atoms with Crippen LogP contribution in [-0.4, -0.2) is 31.7 Å². The van der Waals surface area contributed by atoms with Gasteiger partial charge in [0.25, 0.3) is 10.0 Å². The molecule has 0 bridgehead atoms. The van der Waals surface area contributed by atoms with E-state index in [2.05, 4.69) is 24.0 Å². The summed E-state index contributed by atoms with van der Waals surface area (Å²) in [6.45, 7) is 8.17. The number of sulfonamides is 1. The molecule has 0 N–H and O–H groups in total. The van der Waals surface area contributed by atoms with E-state index in [-0.39, 0.29) is 29.0 Å². The molecule has 30 heavy (non-hydrogen) atoms. The summed E-state index contributed by atoms with van der Waals surface area (Å²) in [4.78, 5) is 3.88. The van der Waals surface area contributed by atoms with E-state index in [4.69, 9.17) is 20.9 Å². The highest BCUT2D eigenvalue weighted by Crippen LogP contribution is 2.25. The van der Waals surface area contributed by atoms with Crippen molar-refractivity contribution in [2.75, 3.05) is 17.5 Å². The predicted octanol–water partition coefficient (Wildman–Crippen LogP) is 4.74. The molecule has 1 aromatic carbocycles. The van der Waals surface area contributed by atoms with Crippen molar-refractivity contribution in [2.24, 2.45) is 0 Å². The van der Waals surface area contributed by atoms with Crippen LogP contribution >= 0.6 is 11.6 Å². The average Bonchev–Trinajstić information content (AvgIpc) is 3.11. The van der Waals surface area contributed by atoms with E-state index in [1.54, 1.807) is 13.0 Å². The van der Waals surface area contributed by atoms with Gasteiger partial charge in [0, 0.05) is 12.3 Å². The zero-order valence-electron chi connectivity index (χ0n) is 17.3. The molecule has 0 aliphatic heterocycles. The van der Waals surface area contributed by atoms with E-state index in [1.807, 2.05) is 25.1 Å². The lowest BCUT2D eigenvalue weighted by atomic mass is 9.98. The fraction of sp³-hybridized carbons (Fsp3) is 0.333. The lowest BCUT2D eigenvalue weighted by molar-refractivity contribution is 0.327. The molecule has 0 radical (unpaired) electrons. The van der Waals surface area contributed by atoms with Crippen molar-refractivity contribution < 1.29 is 17.7 Å². The first-order valence-corrected chi connectivity index (χ1v) is 11.3. The molecule has 2 aromatic heterocycles. The number of anilines is 1. The highest BCUT2D eigenvalue weighted by atomic mass is 35.5. The average molecular weight is 450 g/mol. The Kier molecular flexibility index (Phi) is 6.67. The second-order valence-corrected chi connectivity index (χ2v) is 9.46. The Morgan fingerprint density at radius 2 is 1.93 bits per heavy atom. The Morgan fingerprint density at radius 3 is 2.50 bits per heavy atom. The highest BCUT2D eigenvalue weighted by molar-refractivity contribution is 7.92. The lowest BCUT2D eigenvalue weighted by Gasteiger charge is -2.21. The van der Waals surface area contributed by atoms with E-state index < -0.39 is 10.0 Å². The van der Waals surface area contributed by atoms with Crippen molar-refractivity contribution in [3.05, 3.63) is 64.6 Å². The number of hydrogen-bond donors (Lipinski definition) is 0. The standard InChI is InChI=1S/C21H24ClN3O4S/c1-14(2)19-7-5-17(11-15(19)3)28-10-9-25(21-12-16(4)29-24-21)30(26,27)18-6-8-20(22)23-13-18/h5-8,11-14H,9-10H2,1-4H3. The quantitative estimate of drug-likeness (QED) is 0.462. The fourth-order valence-electron chi connectivity index (χ4n) is 3.10. The number of halogens is 1. The summed E-state index contributed by atoms with van der Waals surface area (Å²) >= 11 is 5.79. The minimum Gasteiger partial charge on any atom is -0.492 e. The summed E-state index contributed by atoms with van der Waals surface area (Å²) in [6.07, 6.45) is 1.21. The van der Waals surface area contributed by atoms with E-state index >= 15 is 0 Å². The van der Waals surface area contributed by atoms with Crippen LogP contribution in [0.4, 0.5) is 5.82 Å². The van der Waals surface area contributed by atoms with Crippen molar-refractivity contribution in [1.29, 1.82) is 0 Å². The zero-order chi connectivity index (χ0) is 21.9. The summed E-state index contributed by atoms with van der Waals surface area (Å²) < 4.78 is 38.4. The first kappa shape index (κ1) is 22.1. The Balaban J connectivity index is 1.80. The summed E-state index contributed by atoms with van der Waals surface area (Å²) in [5.41, 5.74) is 2.38. The van der Waals surface area contributed by atoms with Gasteiger partial charge in [0.15, 0.2) is 5.82 Å². The Morgan fingerprint density at radius 1 is 1.17 bits per heavy atom. The van der Waals surface area contributed by atoms with E-state index in [0.29, 0.717) is 17.4 Å². The zero-order valence-corrected chi connectivity index (χ0v) is 18.9. The van der Waals surface area contributed by atoms with Gasteiger partial charge in [0.2, 0.25) is 0 Å². The van der Waals surface area contributed by atoms with Gasteiger partial charge >= 0.3 is 0 Å². The molecule has 0 saturated carbocycles. The van der Waals surface area contributed by atoms with Crippen LogP contribution in [0.15, 0.2) is 52.0 Å². The number of hydrogen-bond acceptors (Lipinski definition) is 6. The van der Waals surface area contributed by atoms with Crippen LogP contribution in [0.25, 0.3) is 0 Å². The second kappa shape index (κ2) is 9.06. The van der Waals surface area contributed by atoms with Gasteiger partial charge in [0.05, 0.1) is 6.54 Å². The SMILES string of the molecule is Cc1cc(N(CCOc2ccc(C(C)C)c(C)c2)S(=O)(=O)c2ccc(Cl)nc2)no1. The van der Waals surface area contributed by atoms with Gasteiger partial charge in [-0.1, -0.05) is 36.7 Å². The smallest absolute Gasteiger partial charge is 0.267 e. The minimum absolute atomic E-state index is 0.00434. The highest BCUT2D eigenvalue weighted by Gasteiger charge is 2.28. The first-order chi connectivity index (χ1) is 14.2. The topological polar surface area (TPSA) is 85.5 Å². The number of nitrogens with zero attached hydrogens (tertiary/aromatic N) is 3. The van der Waals surface area contributed by atoms with Crippen LogP contribution < -0.4 is 9.04 Å². The maximum absolute atomic E-state index is 13.2. The monoisotopic (exact) mass is 449 g/mol. The van der Waals surface area contributed by atoms with Crippen LogP contribution in [0.1, 0.15) is 36.7 Å². The summed E-state index contributed by atoms with van der Waals surface area (Å²) in [5.74, 6) is 1.78. The largest absolute Gasteiger partial charge is 0.492 e.